The molecule has 0 spiro atoms. The van der Waals surface area contributed by atoms with Gasteiger partial charge in [0.1, 0.15) is 5.75 Å². The third-order valence-electron chi connectivity index (χ3n) is 4.36. The number of methoxy groups -OCH3 is 1. The zero-order valence-electron chi connectivity index (χ0n) is 15.5. The van der Waals surface area contributed by atoms with E-state index in [2.05, 4.69) is 31.9 Å². The molecule has 2 aromatic rings. The molecule has 10 heteroatoms. The zero-order valence-corrected chi connectivity index (χ0v) is 17.1. The summed E-state index contributed by atoms with van der Waals surface area (Å²) in [6.07, 6.45) is 0. The second kappa shape index (κ2) is 8.31. The molecule has 0 unspecified atom stereocenters. The Hall–Kier alpha value is -3.40. The minimum atomic E-state index is -0.853. The van der Waals surface area contributed by atoms with Crippen molar-refractivity contribution in [3.05, 3.63) is 73.9 Å². The van der Waals surface area contributed by atoms with Crippen molar-refractivity contribution in [2.24, 2.45) is 0 Å². The van der Waals surface area contributed by atoms with E-state index < -0.39 is 22.9 Å². The fourth-order valence-electron chi connectivity index (χ4n) is 2.97. The van der Waals surface area contributed by atoms with Crippen molar-refractivity contribution in [2.75, 3.05) is 12.4 Å². The molecule has 0 fully saturated rings. The average Bonchev–Trinajstić information content (AvgIpc) is 2.68. The number of nitro groups is 1. The van der Waals surface area contributed by atoms with Crippen LogP contribution in [0.3, 0.4) is 0 Å². The van der Waals surface area contributed by atoms with Gasteiger partial charge in [0.2, 0.25) is 0 Å². The average molecular weight is 461 g/mol. The third-order valence-corrected chi connectivity index (χ3v) is 5.03. The SMILES string of the molecule is COc1ccc(NC(=O)C2=C(C)NC(=O)N[C@@H]2c2ccc(Br)c([N+](=O)[O-])c2)cc1. The van der Waals surface area contributed by atoms with Crippen molar-refractivity contribution >= 4 is 39.2 Å². The van der Waals surface area contributed by atoms with Crippen LogP contribution < -0.4 is 20.7 Å². The lowest BCUT2D eigenvalue weighted by molar-refractivity contribution is -0.385. The van der Waals surface area contributed by atoms with Crippen LogP contribution in [-0.4, -0.2) is 24.0 Å². The topological polar surface area (TPSA) is 123 Å². The molecule has 1 aliphatic rings. The van der Waals surface area contributed by atoms with E-state index in [1.807, 2.05) is 0 Å². The molecular weight excluding hydrogens is 444 g/mol. The van der Waals surface area contributed by atoms with Gasteiger partial charge in [-0.1, -0.05) is 6.07 Å². The summed E-state index contributed by atoms with van der Waals surface area (Å²) in [5, 5.41) is 19.3. The number of ether oxygens (including phenoxy) is 1. The highest BCUT2D eigenvalue weighted by Crippen LogP contribution is 2.33. The number of benzene rings is 2. The second-order valence-electron chi connectivity index (χ2n) is 6.22. The number of carbonyl (C=O) groups is 2. The first-order valence-electron chi connectivity index (χ1n) is 8.47. The first-order chi connectivity index (χ1) is 13.8. The van der Waals surface area contributed by atoms with Crippen LogP contribution in [0, 0.1) is 10.1 Å². The summed E-state index contributed by atoms with van der Waals surface area (Å²) in [5.74, 6) is 0.195. The minimum Gasteiger partial charge on any atom is -0.497 e. The second-order valence-corrected chi connectivity index (χ2v) is 7.08. The molecule has 3 amide bonds. The van der Waals surface area contributed by atoms with Crippen LogP contribution in [0.1, 0.15) is 18.5 Å². The lowest BCUT2D eigenvalue weighted by Crippen LogP contribution is -2.46. The summed E-state index contributed by atoms with van der Waals surface area (Å²) in [7, 11) is 1.54. The molecule has 0 saturated carbocycles. The summed E-state index contributed by atoms with van der Waals surface area (Å²) in [4.78, 5) is 35.7. The fraction of sp³-hybridized carbons (Fsp3) is 0.158. The van der Waals surface area contributed by atoms with Gasteiger partial charge in [-0.2, -0.15) is 0 Å². The molecule has 3 N–H and O–H groups in total. The van der Waals surface area contributed by atoms with E-state index in [0.29, 0.717) is 27.2 Å². The number of halogens is 1. The van der Waals surface area contributed by atoms with E-state index >= 15 is 0 Å². The van der Waals surface area contributed by atoms with Crippen LogP contribution in [0.4, 0.5) is 16.2 Å². The van der Waals surface area contributed by atoms with Gasteiger partial charge in [0.15, 0.2) is 0 Å². The van der Waals surface area contributed by atoms with E-state index in [0.717, 1.165) is 0 Å². The summed E-state index contributed by atoms with van der Waals surface area (Å²) < 4.78 is 5.40. The standard InChI is InChI=1S/C19H17BrN4O5/c1-10-16(18(25)22-12-4-6-13(29-2)7-5-12)17(23-19(26)21-10)11-3-8-14(20)15(9-11)24(27)28/h3-9,17H,1-2H3,(H,22,25)(H2,21,23,26)/t17-/m1/s1. The van der Waals surface area contributed by atoms with Gasteiger partial charge in [-0.15, -0.1) is 0 Å². The molecule has 1 aliphatic heterocycles. The van der Waals surface area contributed by atoms with Gasteiger partial charge in [-0.05, 0) is 58.7 Å². The maximum Gasteiger partial charge on any atom is 0.319 e. The maximum absolute atomic E-state index is 13.0. The predicted octanol–water partition coefficient (Wildman–Crippen LogP) is 3.63. The third kappa shape index (κ3) is 4.37. The lowest BCUT2D eigenvalue weighted by Gasteiger charge is -2.28. The Morgan fingerprint density at radius 1 is 1.24 bits per heavy atom. The number of hydrogen-bond donors (Lipinski definition) is 3. The summed E-state index contributed by atoms with van der Waals surface area (Å²) in [6, 6.07) is 9.86. The predicted molar refractivity (Wildman–Crippen MR) is 110 cm³/mol. The van der Waals surface area contributed by atoms with E-state index in [9.17, 15) is 19.7 Å². The van der Waals surface area contributed by atoms with E-state index in [1.54, 1.807) is 44.4 Å². The number of nitrogens with zero attached hydrogens (tertiary/aromatic N) is 1. The molecule has 150 valence electrons. The van der Waals surface area contributed by atoms with Crippen LogP contribution in [0.5, 0.6) is 5.75 Å². The molecule has 0 aliphatic carbocycles. The molecular formula is C19H17BrN4O5. The first-order valence-corrected chi connectivity index (χ1v) is 9.27. The maximum atomic E-state index is 13.0. The van der Waals surface area contributed by atoms with Crippen LogP contribution >= 0.6 is 15.9 Å². The van der Waals surface area contributed by atoms with Gasteiger partial charge in [-0.3, -0.25) is 14.9 Å². The molecule has 0 bridgehead atoms. The minimum absolute atomic E-state index is 0.164. The molecule has 0 aromatic heterocycles. The molecule has 0 saturated heterocycles. The number of amides is 3. The van der Waals surface area contributed by atoms with Gasteiger partial charge in [0, 0.05) is 17.5 Å². The molecule has 1 atom stereocenters. The number of carbonyl (C=O) groups excluding carboxylic acids is 2. The number of nitrogens with one attached hydrogen (secondary N) is 3. The zero-order chi connectivity index (χ0) is 21.1. The van der Waals surface area contributed by atoms with E-state index in [-0.39, 0.29) is 11.3 Å². The largest absolute Gasteiger partial charge is 0.497 e. The van der Waals surface area contributed by atoms with Crippen LogP contribution in [0.2, 0.25) is 0 Å². The van der Waals surface area contributed by atoms with Crippen molar-refractivity contribution in [3.8, 4) is 5.75 Å². The van der Waals surface area contributed by atoms with Gasteiger partial charge < -0.3 is 20.7 Å². The summed E-state index contributed by atoms with van der Waals surface area (Å²) >= 11 is 3.14. The highest BCUT2D eigenvalue weighted by atomic mass is 79.9. The van der Waals surface area contributed by atoms with Gasteiger partial charge in [-0.25, -0.2) is 4.79 Å². The smallest absolute Gasteiger partial charge is 0.319 e. The number of hydrogen-bond acceptors (Lipinski definition) is 5. The van der Waals surface area contributed by atoms with Crippen LogP contribution in [0.15, 0.2) is 58.2 Å². The van der Waals surface area contributed by atoms with Gasteiger partial charge in [0.05, 0.1) is 28.1 Å². The number of anilines is 1. The highest BCUT2D eigenvalue weighted by molar-refractivity contribution is 9.10. The molecule has 3 rings (SSSR count). The highest BCUT2D eigenvalue weighted by Gasteiger charge is 2.32. The van der Waals surface area contributed by atoms with Crippen molar-refractivity contribution in [2.45, 2.75) is 13.0 Å². The molecule has 29 heavy (non-hydrogen) atoms. The monoisotopic (exact) mass is 460 g/mol. The van der Waals surface area contributed by atoms with Crippen LogP contribution in [0.25, 0.3) is 0 Å². The van der Waals surface area contributed by atoms with E-state index in [4.69, 9.17) is 4.74 Å². The molecule has 1 heterocycles. The molecule has 9 nitrogen and oxygen atoms in total. The van der Waals surface area contributed by atoms with E-state index in [1.165, 1.54) is 12.1 Å². The van der Waals surface area contributed by atoms with Gasteiger partial charge >= 0.3 is 6.03 Å². The fourth-order valence-corrected chi connectivity index (χ4v) is 3.36. The van der Waals surface area contributed by atoms with Crippen molar-refractivity contribution in [1.82, 2.24) is 10.6 Å². The Morgan fingerprint density at radius 2 is 1.93 bits per heavy atom. The normalized spacial score (nSPS) is 16.0. The van der Waals surface area contributed by atoms with Crippen molar-refractivity contribution in [3.63, 3.8) is 0 Å². The first kappa shape index (κ1) is 20.3. The molecule has 2 aromatic carbocycles. The Labute approximate surface area is 174 Å². The molecule has 0 radical (unpaired) electrons. The number of allylic oxidation sites excluding steroid dienone is 1. The Kier molecular flexibility index (Phi) is 5.83. The number of nitro benzene ring substituents is 1. The number of rotatable bonds is 5. The summed E-state index contributed by atoms with van der Waals surface area (Å²) in [6.45, 7) is 1.60. The lowest BCUT2D eigenvalue weighted by atomic mass is 9.94. The van der Waals surface area contributed by atoms with Gasteiger partial charge in [0.25, 0.3) is 11.6 Å². The Balaban J connectivity index is 1.96. The van der Waals surface area contributed by atoms with Crippen molar-refractivity contribution < 1.29 is 19.2 Å². The van der Waals surface area contributed by atoms with Crippen molar-refractivity contribution in [1.29, 1.82) is 0 Å². The number of urea groups is 1. The Morgan fingerprint density at radius 3 is 2.55 bits per heavy atom. The van der Waals surface area contributed by atoms with Crippen LogP contribution in [-0.2, 0) is 4.79 Å². The Bertz CT molecular complexity index is 1020. The quantitative estimate of drug-likeness (QED) is 0.464. The summed E-state index contributed by atoms with van der Waals surface area (Å²) in [5.41, 5.74) is 1.39.